The SMILES string of the molecule is CCCCCCOC(O)/C(=C1\CC(C)(C)CC(N[C@H](C)[I-]C)=C1C(C)C)C(C)OCC. The Morgan fingerprint density at radius 1 is 1.06 bits per heavy atom. The van der Waals surface area contributed by atoms with E-state index in [1.54, 1.807) is 0 Å². The molecule has 0 spiro atoms. The average molecular weight is 551 g/mol. The third kappa shape index (κ3) is 9.34. The predicted molar refractivity (Wildman–Crippen MR) is 128 cm³/mol. The van der Waals surface area contributed by atoms with Gasteiger partial charge in [-0.25, -0.2) is 0 Å². The van der Waals surface area contributed by atoms with E-state index in [0.717, 1.165) is 31.3 Å². The van der Waals surface area contributed by atoms with Crippen molar-refractivity contribution in [2.45, 2.75) is 110 Å². The number of allylic oxidation sites excluding steroid dienone is 3. The van der Waals surface area contributed by atoms with Gasteiger partial charge < -0.3 is 0 Å². The van der Waals surface area contributed by atoms with Crippen molar-refractivity contribution in [3.63, 3.8) is 0 Å². The molecule has 0 aliphatic heterocycles. The van der Waals surface area contributed by atoms with Crippen molar-refractivity contribution in [1.29, 1.82) is 0 Å². The van der Waals surface area contributed by atoms with E-state index in [-0.39, 0.29) is 32.7 Å². The molecule has 0 radical (unpaired) electrons. The zero-order chi connectivity index (χ0) is 23.6. The molecule has 0 aromatic heterocycles. The van der Waals surface area contributed by atoms with E-state index in [1.165, 1.54) is 29.7 Å². The normalized spacial score (nSPS) is 21.4. The first kappa shape index (κ1) is 28.9. The van der Waals surface area contributed by atoms with Crippen LogP contribution in [0.15, 0.2) is 22.4 Å². The fraction of sp³-hybridized carbons (Fsp3) is 0.846. The fourth-order valence-corrected chi connectivity index (χ4v) is 5.21. The quantitative estimate of drug-likeness (QED) is 0.115. The van der Waals surface area contributed by atoms with E-state index < -0.39 is 6.29 Å². The molecule has 0 fully saturated rings. The van der Waals surface area contributed by atoms with E-state index in [9.17, 15) is 5.11 Å². The van der Waals surface area contributed by atoms with Crippen LogP contribution in [0.1, 0.15) is 93.9 Å². The van der Waals surface area contributed by atoms with Crippen molar-refractivity contribution in [2.24, 2.45) is 11.3 Å². The summed E-state index contributed by atoms with van der Waals surface area (Å²) in [5, 5.41) is 15.0. The standard InChI is InChI=1S/C26H49INO3/c1-10-12-13-14-15-31-25(29)24(19(5)30-11-2)21-16-26(7,8)17-22(23(21)18(3)4)28-20(6)27-9/h18-20,25,28-29H,10-17H2,1-9H3/q-1/b24-21+/t19?,20-,25?/m1/s1. The van der Waals surface area contributed by atoms with Crippen molar-refractivity contribution >= 4 is 0 Å². The van der Waals surface area contributed by atoms with Crippen molar-refractivity contribution in [1.82, 2.24) is 5.32 Å². The molecule has 0 heterocycles. The molecule has 1 rings (SSSR count). The number of aliphatic hydroxyl groups excluding tert-OH is 1. The number of rotatable bonds is 14. The Hall–Kier alpha value is -0.110. The van der Waals surface area contributed by atoms with E-state index in [0.29, 0.717) is 23.2 Å². The summed E-state index contributed by atoms with van der Waals surface area (Å²) in [5.74, 6) is 0.372. The van der Waals surface area contributed by atoms with Crippen LogP contribution in [0.5, 0.6) is 0 Å². The average Bonchev–Trinajstić information content (AvgIpc) is 2.66. The van der Waals surface area contributed by atoms with Crippen molar-refractivity contribution in [3.05, 3.63) is 22.4 Å². The van der Waals surface area contributed by atoms with Crippen molar-refractivity contribution < 1.29 is 35.8 Å². The Labute approximate surface area is 202 Å². The first-order chi connectivity index (χ1) is 14.6. The van der Waals surface area contributed by atoms with Gasteiger partial charge in [0.1, 0.15) is 0 Å². The number of alkyl halides is 2. The van der Waals surface area contributed by atoms with Crippen LogP contribution in [0.3, 0.4) is 0 Å². The minimum absolute atomic E-state index is 0.111. The Morgan fingerprint density at radius 2 is 1.74 bits per heavy atom. The molecular formula is C26H49INO3-. The molecule has 31 heavy (non-hydrogen) atoms. The Morgan fingerprint density at radius 3 is 2.29 bits per heavy atom. The van der Waals surface area contributed by atoms with Gasteiger partial charge in [-0.15, -0.1) is 0 Å². The Balaban J connectivity index is 3.43. The van der Waals surface area contributed by atoms with Gasteiger partial charge in [-0.1, -0.05) is 13.3 Å². The van der Waals surface area contributed by atoms with E-state index in [4.69, 9.17) is 9.47 Å². The van der Waals surface area contributed by atoms with Crippen LogP contribution in [0, 0.1) is 11.3 Å². The number of nitrogens with one attached hydrogen (secondary N) is 1. The van der Waals surface area contributed by atoms with Crippen molar-refractivity contribution in [3.8, 4) is 0 Å². The number of ether oxygens (including phenoxy) is 2. The van der Waals surface area contributed by atoms with Gasteiger partial charge in [0, 0.05) is 0 Å². The maximum absolute atomic E-state index is 11.2. The van der Waals surface area contributed by atoms with Gasteiger partial charge in [0.15, 0.2) is 0 Å². The zero-order valence-corrected chi connectivity index (χ0v) is 23.8. The topological polar surface area (TPSA) is 50.7 Å². The molecular weight excluding hydrogens is 501 g/mol. The Bertz CT molecular complexity index is 597. The molecule has 1 aliphatic rings. The summed E-state index contributed by atoms with van der Waals surface area (Å²) in [4.78, 5) is 2.33. The molecule has 3 atom stereocenters. The predicted octanol–water partition coefficient (Wildman–Crippen LogP) is 3.01. The molecule has 4 nitrogen and oxygen atoms in total. The molecule has 1 aliphatic carbocycles. The van der Waals surface area contributed by atoms with Crippen LogP contribution in [0.2, 0.25) is 0 Å². The summed E-state index contributed by atoms with van der Waals surface area (Å²) < 4.78 is 12.5. The number of halogens is 1. The minimum atomic E-state index is -0.918. The second kappa shape index (κ2) is 14.2. The molecule has 2 unspecified atom stereocenters. The zero-order valence-electron chi connectivity index (χ0n) is 21.6. The molecule has 0 saturated heterocycles. The van der Waals surface area contributed by atoms with Gasteiger partial charge in [0.2, 0.25) is 0 Å². The maximum atomic E-state index is 11.2. The van der Waals surface area contributed by atoms with E-state index in [1.807, 2.05) is 6.92 Å². The van der Waals surface area contributed by atoms with Crippen LogP contribution in [-0.2, 0) is 9.47 Å². The van der Waals surface area contributed by atoms with Crippen LogP contribution >= 0.6 is 0 Å². The number of hydrogen-bond donors (Lipinski definition) is 2. The first-order valence-corrected chi connectivity index (χ1v) is 15.6. The molecule has 0 bridgehead atoms. The number of aliphatic hydroxyl groups is 1. The van der Waals surface area contributed by atoms with E-state index in [2.05, 4.69) is 58.7 Å². The third-order valence-corrected chi connectivity index (χ3v) is 8.16. The number of hydrogen-bond acceptors (Lipinski definition) is 4. The van der Waals surface area contributed by atoms with Gasteiger partial charge in [-0.3, -0.25) is 0 Å². The van der Waals surface area contributed by atoms with Crippen LogP contribution in [0.4, 0.5) is 0 Å². The van der Waals surface area contributed by atoms with Gasteiger partial charge in [0.05, 0.1) is 0 Å². The van der Waals surface area contributed by atoms with Gasteiger partial charge in [-0.2, -0.15) is 0 Å². The molecule has 5 heteroatoms. The van der Waals surface area contributed by atoms with Gasteiger partial charge >= 0.3 is 190 Å². The van der Waals surface area contributed by atoms with Crippen LogP contribution < -0.4 is 26.5 Å². The monoisotopic (exact) mass is 550 g/mol. The summed E-state index contributed by atoms with van der Waals surface area (Å²) in [7, 11) is 0. The van der Waals surface area contributed by atoms with Gasteiger partial charge in [0.25, 0.3) is 0 Å². The summed E-state index contributed by atoms with van der Waals surface area (Å²) in [5.41, 5.74) is 5.01. The van der Waals surface area contributed by atoms with Crippen LogP contribution in [0.25, 0.3) is 0 Å². The molecule has 184 valence electrons. The summed E-state index contributed by atoms with van der Waals surface area (Å²) in [6, 6.07) is 0. The fourth-order valence-electron chi connectivity index (χ4n) is 4.52. The molecule has 0 amide bonds. The molecule has 0 aromatic rings. The molecule has 2 N–H and O–H groups in total. The Kier molecular flexibility index (Phi) is 13.3. The van der Waals surface area contributed by atoms with Crippen molar-refractivity contribution in [2.75, 3.05) is 18.1 Å². The summed E-state index contributed by atoms with van der Waals surface area (Å²) in [6.07, 6.45) is 5.43. The molecule has 0 aromatic carbocycles. The third-order valence-electron chi connectivity index (χ3n) is 5.98. The second-order valence-corrected chi connectivity index (χ2v) is 13.0. The second-order valence-electron chi connectivity index (χ2n) is 9.86. The van der Waals surface area contributed by atoms with Crippen LogP contribution in [-0.4, -0.2) is 39.7 Å². The number of unbranched alkanes of at least 4 members (excludes halogenated alkanes) is 3. The first-order valence-electron chi connectivity index (χ1n) is 12.2. The van der Waals surface area contributed by atoms with Gasteiger partial charge in [-0.05, 0) is 0 Å². The summed E-state index contributed by atoms with van der Waals surface area (Å²) in [6.45, 7) is 19.0. The molecule has 0 saturated carbocycles. The van der Waals surface area contributed by atoms with E-state index >= 15 is 0 Å². The summed E-state index contributed by atoms with van der Waals surface area (Å²) >= 11 is 0.111.